The van der Waals surface area contributed by atoms with Crippen LogP contribution in [-0.4, -0.2) is 18.1 Å². The largest absolute Gasteiger partial charge is 0.481 e. The summed E-state index contributed by atoms with van der Waals surface area (Å²) in [4.78, 5) is 11.4. The summed E-state index contributed by atoms with van der Waals surface area (Å²) in [7, 11) is 1.81. The maximum atomic E-state index is 11.4. The Bertz CT molecular complexity index is 574. The molecule has 0 saturated heterocycles. The van der Waals surface area contributed by atoms with Crippen LogP contribution in [0, 0.1) is 5.41 Å². The molecule has 1 unspecified atom stereocenters. The van der Waals surface area contributed by atoms with Crippen LogP contribution in [-0.2, 0) is 4.79 Å². The molecule has 1 aromatic carbocycles. The molecule has 3 nitrogen and oxygen atoms in total. The molecular formula is C14H17NO2S. The highest BCUT2D eigenvalue weighted by Crippen LogP contribution is 2.39. The van der Waals surface area contributed by atoms with Crippen LogP contribution in [0.3, 0.4) is 0 Å². The predicted octanol–water partition coefficient (Wildman–Crippen LogP) is 3.27. The number of hydrogen-bond donors (Lipinski definition) is 2. The van der Waals surface area contributed by atoms with E-state index in [9.17, 15) is 9.90 Å². The number of nitrogens with one attached hydrogen (secondary N) is 1. The van der Waals surface area contributed by atoms with Crippen molar-refractivity contribution in [3.8, 4) is 0 Å². The Balaban J connectivity index is 2.54. The number of hydrogen-bond acceptors (Lipinski definition) is 3. The Morgan fingerprint density at radius 2 is 2.06 bits per heavy atom. The van der Waals surface area contributed by atoms with Gasteiger partial charge in [-0.2, -0.15) is 0 Å². The third kappa shape index (κ3) is 2.02. The maximum absolute atomic E-state index is 11.4. The van der Waals surface area contributed by atoms with Crippen LogP contribution in [0.1, 0.15) is 25.5 Å². The van der Waals surface area contributed by atoms with E-state index in [-0.39, 0.29) is 6.04 Å². The quantitative estimate of drug-likeness (QED) is 0.890. The molecule has 1 atom stereocenters. The average Bonchev–Trinajstić information content (AvgIpc) is 2.74. The lowest BCUT2D eigenvalue weighted by molar-refractivity contribution is -0.148. The monoisotopic (exact) mass is 263 g/mol. The summed E-state index contributed by atoms with van der Waals surface area (Å²) in [5.74, 6) is -0.794. The van der Waals surface area contributed by atoms with Gasteiger partial charge in [-0.25, -0.2) is 0 Å². The fourth-order valence-electron chi connectivity index (χ4n) is 2.25. The highest BCUT2D eigenvalue weighted by atomic mass is 32.1. The van der Waals surface area contributed by atoms with Crippen LogP contribution in [0.2, 0.25) is 0 Å². The van der Waals surface area contributed by atoms with Crippen LogP contribution in [0.15, 0.2) is 29.6 Å². The molecule has 18 heavy (non-hydrogen) atoms. The normalized spacial score (nSPS) is 13.7. The molecule has 0 bridgehead atoms. The standard InChI is InChI=1S/C14H17NO2S/c1-14(2,13(16)17)12(15-3)10-8-18-11-7-5-4-6-9(10)11/h4-8,12,15H,1-3H3,(H,16,17). The molecule has 0 spiro atoms. The van der Waals surface area contributed by atoms with Crippen molar-refractivity contribution in [3.63, 3.8) is 0 Å². The van der Waals surface area contributed by atoms with E-state index in [1.165, 1.54) is 4.70 Å². The number of carbonyl (C=O) groups is 1. The molecule has 2 N–H and O–H groups in total. The first kappa shape index (κ1) is 13.1. The molecule has 2 rings (SSSR count). The van der Waals surface area contributed by atoms with Gasteiger partial charge in [0.25, 0.3) is 0 Å². The maximum Gasteiger partial charge on any atom is 0.311 e. The lowest BCUT2D eigenvalue weighted by Crippen LogP contribution is -2.38. The summed E-state index contributed by atoms with van der Waals surface area (Å²) >= 11 is 1.65. The zero-order chi connectivity index (χ0) is 13.3. The van der Waals surface area contributed by atoms with Crippen molar-refractivity contribution in [1.82, 2.24) is 5.32 Å². The first-order valence-corrected chi connectivity index (χ1v) is 6.73. The SMILES string of the molecule is CNC(c1csc2ccccc12)C(C)(C)C(=O)O. The zero-order valence-corrected chi connectivity index (χ0v) is 11.5. The van der Waals surface area contributed by atoms with Crippen molar-refractivity contribution in [3.05, 3.63) is 35.2 Å². The Morgan fingerprint density at radius 3 is 2.67 bits per heavy atom. The molecule has 0 radical (unpaired) electrons. The highest BCUT2D eigenvalue weighted by Gasteiger charge is 2.38. The summed E-state index contributed by atoms with van der Waals surface area (Å²) < 4.78 is 1.19. The molecule has 4 heteroatoms. The van der Waals surface area contributed by atoms with Crippen LogP contribution in [0.5, 0.6) is 0 Å². The van der Waals surface area contributed by atoms with Crippen LogP contribution < -0.4 is 5.32 Å². The molecule has 0 aliphatic carbocycles. The lowest BCUT2D eigenvalue weighted by Gasteiger charge is -2.30. The van der Waals surface area contributed by atoms with E-state index >= 15 is 0 Å². The number of aliphatic carboxylic acids is 1. The van der Waals surface area contributed by atoms with Crippen molar-refractivity contribution in [2.75, 3.05) is 7.05 Å². The number of carboxylic acids is 1. The number of thiophene rings is 1. The third-order valence-electron chi connectivity index (χ3n) is 3.38. The van der Waals surface area contributed by atoms with Gasteiger partial charge in [-0.3, -0.25) is 4.79 Å². The summed E-state index contributed by atoms with van der Waals surface area (Å²) in [5, 5.41) is 15.7. The second-order valence-electron chi connectivity index (χ2n) is 4.94. The van der Waals surface area contributed by atoms with Gasteiger partial charge in [0.05, 0.1) is 5.41 Å². The second-order valence-corrected chi connectivity index (χ2v) is 5.85. The number of carboxylic acid groups (broad SMARTS) is 1. The van der Waals surface area contributed by atoms with E-state index in [0.717, 1.165) is 10.9 Å². The molecule has 0 aliphatic heterocycles. The minimum Gasteiger partial charge on any atom is -0.481 e. The van der Waals surface area contributed by atoms with Gasteiger partial charge in [0, 0.05) is 10.7 Å². The molecule has 0 saturated carbocycles. The van der Waals surface area contributed by atoms with Crippen LogP contribution in [0.25, 0.3) is 10.1 Å². The van der Waals surface area contributed by atoms with E-state index in [4.69, 9.17) is 0 Å². The molecule has 2 aromatic rings. The molecule has 0 amide bonds. The smallest absolute Gasteiger partial charge is 0.311 e. The van der Waals surface area contributed by atoms with Gasteiger partial charge >= 0.3 is 5.97 Å². The Labute approximate surface area is 110 Å². The number of fused-ring (bicyclic) bond motifs is 1. The van der Waals surface area contributed by atoms with Gasteiger partial charge in [-0.15, -0.1) is 11.3 Å². The topological polar surface area (TPSA) is 49.3 Å². The Kier molecular flexibility index (Phi) is 3.41. The highest BCUT2D eigenvalue weighted by molar-refractivity contribution is 7.17. The molecule has 1 heterocycles. The van der Waals surface area contributed by atoms with Gasteiger partial charge in [0.2, 0.25) is 0 Å². The van der Waals surface area contributed by atoms with Crippen LogP contribution in [0.4, 0.5) is 0 Å². The van der Waals surface area contributed by atoms with E-state index in [2.05, 4.69) is 16.8 Å². The van der Waals surface area contributed by atoms with Crippen molar-refractivity contribution < 1.29 is 9.90 Å². The summed E-state index contributed by atoms with van der Waals surface area (Å²) in [6, 6.07) is 7.89. The molecule has 96 valence electrons. The van der Waals surface area contributed by atoms with Crippen molar-refractivity contribution in [2.45, 2.75) is 19.9 Å². The van der Waals surface area contributed by atoms with E-state index in [0.29, 0.717) is 0 Å². The molecule has 0 fully saturated rings. The van der Waals surface area contributed by atoms with E-state index < -0.39 is 11.4 Å². The molecule has 0 aliphatic rings. The van der Waals surface area contributed by atoms with Gasteiger partial charge in [-0.05, 0) is 43.3 Å². The fourth-order valence-corrected chi connectivity index (χ4v) is 3.24. The van der Waals surface area contributed by atoms with Crippen LogP contribution >= 0.6 is 11.3 Å². The molecule has 1 aromatic heterocycles. The minimum atomic E-state index is -0.849. The predicted molar refractivity (Wildman–Crippen MR) is 75.0 cm³/mol. The van der Waals surface area contributed by atoms with Gasteiger partial charge < -0.3 is 10.4 Å². The molecular weight excluding hydrogens is 246 g/mol. The van der Waals surface area contributed by atoms with Crippen molar-refractivity contribution in [1.29, 1.82) is 0 Å². The third-order valence-corrected chi connectivity index (χ3v) is 4.37. The first-order chi connectivity index (χ1) is 8.48. The van der Waals surface area contributed by atoms with Gasteiger partial charge in [-0.1, -0.05) is 18.2 Å². The second kappa shape index (κ2) is 4.71. The average molecular weight is 263 g/mol. The first-order valence-electron chi connectivity index (χ1n) is 5.85. The number of benzene rings is 1. The van der Waals surface area contributed by atoms with E-state index in [1.54, 1.807) is 25.2 Å². The fraction of sp³-hybridized carbons (Fsp3) is 0.357. The van der Waals surface area contributed by atoms with Crippen molar-refractivity contribution >= 4 is 27.4 Å². The zero-order valence-electron chi connectivity index (χ0n) is 10.7. The Hall–Kier alpha value is -1.39. The lowest BCUT2D eigenvalue weighted by atomic mass is 9.80. The summed E-state index contributed by atoms with van der Waals surface area (Å²) in [6.07, 6.45) is 0. The van der Waals surface area contributed by atoms with Crippen molar-refractivity contribution in [2.24, 2.45) is 5.41 Å². The number of rotatable bonds is 4. The van der Waals surface area contributed by atoms with Gasteiger partial charge in [0.15, 0.2) is 0 Å². The van der Waals surface area contributed by atoms with Gasteiger partial charge in [0.1, 0.15) is 0 Å². The Morgan fingerprint density at radius 1 is 1.39 bits per heavy atom. The summed E-state index contributed by atoms with van der Waals surface area (Å²) in [5.41, 5.74) is 0.212. The minimum absolute atomic E-state index is 0.203. The van der Waals surface area contributed by atoms with E-state index in [1.807, 2.05) is 25.2 Å². The summed E-state index contributed by atoms with van der Waals surface area (Å²) in [6.45, 7) is 3.51.